The summed E-state index contributed by atoms with van der Waals surface area (Å²) < 4.78 is 20.4. The van der Waals surface area contributed by atoms with E-state index in [-0.39, 0.29) is 18.1 Å². The van der Waals surface area contributed by atoms with Gasteiger partial charge in [-0.15, -0.1) is 0 Å². The van der Waals surface area contributed by atoms with Gasteiger partial charge in [-0.1, -0.05) is 17.7 Å². The molecule has 0 radical (unpaired) electrons. The summed E-state index contributed by atoms with van der Waals surface area (Å²) in [7, 11) is 0. The number of ether oxygens (including phenoxy) is 1. The molecule has 1 amide bonds. The Labute approximate surface area is 205 Å². The fraction of sp³-hybridized carbons (Fsp3) is 0.577. The van der Waals surface area contributed by atoms with Gasteiger partial charge in [0.1, 0.15) is 11.6 Å². The summed E-state index contributed by atoms with van der Waals surface area (Å²) in [6.45, 7) is 4.15. The van der Waals surface area contributed by atoms with Crippen molar-refractivity contribution in [2.24, 2.45) is 17.8 Å². The number of carbonyl (C=O) groups is 1. The molecule has 0 N–H and O–H groups in total. The number of carbonyl (C=O) groups excluding carboxylic acids is 1. The molecule has 182 valence electrons. The molecule has 2 aliphatic heterocycles. The number of piperidine rings is 1. The number of hydrogen-bond acceptors (Lipinski definition) is 5. The standard InChI is InChI=1S/C26H32ClFN4O2/c27-21-16-29-26(30-17-21)32-10-5-18(6-11-32)23-13-19(23)7-12-34-22-4-3-20(24(28)15-22)14-25(33)31-8-1-2-9-31/h3-4,15-19,23H,1-2,5-14H2/t19-,23-/m0/s1. The van der Waals surface area contributed by atoms with Crippen LogP contribution in [0.1, 0.15) is 44.1 Å². The van der Waals surface area contributed by atoms with Gasteiger partial charge < -0.3 is 14.5 Å². The molecule has 1 aromatic carbocycles. The van der Waals surface area contributed by atoms with Crippen LogP contribution in [0.4, 0.5) is 10.3 Å². The molecule has 34 heavy (non-hydrogen) atoms. The molecular weight excluding hydrogens is 455 g/mol. The van der Waals surface area contributed by atoms with Gasteiger partial charge in [0, 0.05) is 32.2 Å². The number of benzene rings is 1. The first-order valence-corrected chi connectivity index (χ1v) is 12.9. The third-order valence-corrected chi connectivity index (χ3v) is 7.79. The van der Waals surface area contributed by atoms with E-state index in [0.29, 0.717) is 28.9 Å². The predicted octanol–water partition coefficient (Wildman–Crippen LogP) is 4.76. The summed E-state index contributed by atoms with van der Waals surface area (Å²) in [5.41, 5.74) is 0.446. The second-order valence-electron chi connectivity index (χ2n) is 9.84. The normalized spacial score (nSPS) is 22.8. The van der Waals surface area contributed by atoms with E-state index in [1.165, 1.54) is 12.5 Å². The molecule has 5 rings (SSSR count). The largest absolute Gasteiger partial charge is 0.493 e. The highest BCUT2D eigenvalue weighted by Crippen LogP contribution is 2.49. The summed E-state index contributed by atoms with van der Waals surface area (Å²) in [6, 6.07) is 4.90. The molecule has 6 nitrogen and oxygen atoms in total. The van der Waals surface area contributed by atoms with Crippen molar-refractivity contribution in [3.8, 4) is 5.75 Å². The van der Waals surface area contributed by atoms with Crippen molar-refractivity contribution in [2.45, 2.75) is 44.9 Å². The molecule has 1 aliphatic carbocycles. The fourth-order valence-electron chi connectivity index (χ4n) is 5.51. The smallest absolute Gasteiger partial charge is 0.227 e. The molecule has 0 bridgehead atoms. The number of anilines is 1. The van der Waals surface area contributed by atoms with Crippen LogP contribution < -0.4 is 9.64 Å². The molecule has 2 saturated heterocycles. The van der Waals surface area contributed by atoms with E-state index in [1.54, 1.807) is 24.5 Å². The van der Waals surface area contributed by atoms with Gasteiger partial charge in [0.05, 0.1) is 30.4 Å². The molecule has 2 aromatic rings. The Morgan fingerprint density at radius 1 is 1.12 bits per heavy atom. The van der Waals surface area contributed by atoms with Gasteiger partial charge in [0.2, 0.25) is 11.9 Å². The Kier molecular flexibility index (Phi) is 7.18. The van der Waals surface area contributed by atoms with Crippen LogP contribution in [-0.2, 0) is 11.2 Å². The highest BCUT2D eigenvalue weighted by atomic mass is 35.5. The van der Waals surface area contributed by atoms with Gasteiger partial charge in [-0.3, -0.25) is 4.79 Å². The Hall–Kier alpha value is -2.41. The maximum Gasteiger partial charge on any atom is 0.227 e. The maximum absolute atomic E-state index is 14.5. The Bertz CT molecular complexity index is 991. The van der Waals surface area contributed by atoms with Crippen molar-refractivity contribution >= 4 is 23.5 Å². The molecule has 3 aliphatic rings. The minimum atomic E-state index is -0.356. The van der Waals surface area contributed by atoms with E-state index in [9.17, 15) is 9.18 Å². The predicted molar refractivity (Wildman–Crippen MR) is 130 cm³/mol. The minimum absolute atomic E-state index is 0.0105. The first-order valence-electron chi connectivity index (χ1n) is 12.5. The van der Waals surface area contributed by atoms with E-state index in [4.69, 9.17) is 16.3 Å². The number of rotatable bonds is 8. The van der Waals surface area contributed by atoms with Crippen LogP contribution >= 0.6 is 11.6 Å². The highest BCUT2D eigenvalue weighted by Gasteiger charge is 2.43. The summed E-state index contributed by atoms with van der Waals surface area (Å²) in [6.07, 6.45) is 10.1. The van der Waals surface area contributed by atoms with Crippen molar-refractivity contribution in [1.82, 2.24) is 14.9 Å². The zero-order valence-corrected chi connectivity index (χ0v) is 20.2. The third kappa shape index (κ3) is 5.62. The first kappa shape index (κ1) is 23.3. The van der Waals surface area contributed by atoms with Crippen molar-refractivity contribution in [1.29, 1.82) is 0 Å². The van der Waals surface area contributed by atoms with Crippen LogP contribution in [0.3, 0.4) is 0 Å². The van der Waals surface area contributed by atoms with Gasteiger partial charge in [0.25, 0.3) is 0 Å². The zero-order chi connectivity index (χ0) is 23.5. The summed E-state index contributed by atoms with van der Waals surface area (Å²) in [5.74, 6) is 3.18. The molecule has 1 saturated carbocycles. The van der Waals surface area contributed by atoms with Crippen LogP contribution in [0.5, 0.6) is 5.75 Å². The van der Waals surface area contributed by atoms with Gasteiger partial charge in [-0.05, 0) is 67.9 Å². The average molecular weight is 487 g/mol. The Balaban J connectivity index is 1.02. The molecule has 8 heteroatoms. The molecule has 0 unspecified atom stereocenters. The zero-order valence-electron chi connectivity index (χ0n) is 19.5. The lowest BCUT2D eigenvalue weighted by atomic mass is 9.90. The van der Waals surface area contributed by atoms with Crippen molar-refractivity contribution in [3.63, 3.8) is 0 Å². The Morgan fingerprint density at radius 2 is 1.85 bits per heavy atom. The number of halogens is 2. The van der Waals surface area contributed by atoms with Crippen LogP contribution in [0.2, 0.25) is 5.02 Å². The van der Waals surface area contributed by atoms with Gasteiger partial charge in [-0.2, -0.15) is 0 Å². The van der Waals surface area contributed by atoms with Crippen LogP contribution in [0, 0.1) is 23.6 Å². The topological polar surface area (TPSA) is 58.6 Å². The average Bonchev–Trinajstić information content (AvgIpc) is 3.39. The van der Waals surface area contributed by atoms with Crippen molar-refractivity contribution in [2.75, 3.05) is 37.7 Å². The minimum Gasteiger partial charge on any atom is -0.493 e. The van der Waals surface area contributed by atoms with E-state index in [2.05, 4.69) is 14.9 Å². The van der Waals surface area contributed by atoms with Crippen molar-refractivity contribution < 1.29 is 13.9 Å². The maximum atomic E-state index is 14.5. The lowest BCUT2D eigenvalue weighted by Gasteiger charge is -2.32. The molecule has 3 fully saturated rings. The number of aromatic nitrogens is 2. The monoisotopic (exact) mass is 486 g/mol. The summed E-state index contributed by atoms with van der Waals surface area (Å²) >= 11 is 5.89. The van der Waals surface area contributed by atoms with Crippen LogP contribution in [0.25, 0.3) is 0 Å². The summed E-state index contributed by atoms with van der Waals surface area (Å²) in [5, 5.41) is 0.563. The van der Waals surface area contributed by atoms with Gasteiger partial charge >= 0.3 is 0 Å². The quantitative estimate of drug-likeness (QED) is 0.538. The molecule has 3 heterocycles. The van der Waals surface area contributed by atoms with Gasteiger partial charge in [-0.25, -0.2) is 14.4 Å². The first-order chi connectivity index (χ1) is 16.6. The number of hydrogen-bond donors (Lipinski definition) is 0. The molecule has 0 spiro atoms. The molecular formula is C26H32ClFN4O2. The van der Waals surface area contributed by atoms with E-state index >= 15 is 0 Å². The lowest BCUT2D eigenvalue weighted by molar-refractivity contribution is -0.129. The van der Waals surface area contributed by atoms with E-state index < -0.39 is 0 Å². The lowest BCUT2D eigenvalue weighted by Crippen LogP contribution is -2.35. The number of likely N-dealkylation sites (tertiary alicyclic amines) is 1. The molecule has 1 aromatic heterocycles. The SMILES string of the molecule is O=C(Cc1ccc(OCC[C@H]2C[C@H]2C2CCN(c3ncc(Cl)cn3)CC2)cc1F)N1CCCC1. The fourth-order valence-corrected chi connectivity index (χ4v) is 5.60. The highest BCUT2D eigenvalue weighted by molar-refractivity contribution is 6.30. The Morgan fingerprint density at radius 3 is 2.56 bits per heavy atom. The molecule has 2 atom stereocenters. The van der Waals surface area contributed by atoms with E-state index in [1.807, 2.05) is 4.90 Å². The van der Waals surface area contributed by atoms with Crippen LogP contribution in [-0.4, -0.2) is 53.6 Å². The number of amides is 1. The van der Waals surface area contributed by atoms with E-state index in [0.717, 1.165) is 76.1 Å². The second kappa shape index (κ2) is 10.5. The summed E-state index contributed by atoms with van der Waals surface area (Å²) in [4.78, 5) is 25.0. The van der Waals surface area contributed by atoms with Crippen LogP contribution in [0.15, 0.2) is 30.6 Å². The third-order valence-electron chi connectivity index (χ3n) is 7.59. The number of nitrogens with zero attached hydrogens (tertiary/aromatic N) is 4. The second-order valence-corrected chi connectivity index (χ2v) is 10.3. The van der Waals surface area contributed by atoms with Crippen molar-refractivity contribution in [3.05, 3.63) is 47.0 Å². The van der Waals surface area contributed by atoms with Gasteiger partial charge in [0.15, 0.2) is 0 Å².